The fraction of sp³-hybridized carbons (Fsp3) is 0.750. The van der Waals surface area contributed by atoms with Gasteiger partial charge in [0.05, 0.1) is 0 Å². The first-order valence-electron chi connectivity index (χ1n) is 4.10. The maximum atomic E-state index is 10.7. The second-order valence-electron chi connectivity index (χ2n) is 3.25. The number of rotatable bonds is 5. The van der Waals surface area contributed by atoms with Crippen molar-refractivity contribution >= 4 is 11.9 Å². The number of nitrogens with one attached hydrogen (secondary N) is 1. The van der Waals surface area contributed by atoms with Crippen LogP contribution in [-0.4, -0.2) is 34.7 Å². The summed E-state index contributed by atoms with van der Waals surface area (Å²) in [4.78, 5) is 21.3. The summed E-state index contributed by atoms with van der Waals surface area (Å²) in [5.74, 6) is -1.55. The lowest BCUT2D eigenvalue weighted by molar-refractivity contribution is -0.142. The number of carbonyl (C=O) groups excluding carboxylic acids is 1. The molecule has 0 fully saturated rings. The highest BCUT2D eigenvalue weighted by molar-refractivity contribution is 5.83. The highest BCUT2D eigenvalue weighted by Crippen LogP contribution is 2.04. The predicted octanol–water partition coefficient (Wildman–Crippen LogP) is -0.406. The number of aliphatic hydroxyl groups is 1. The van der Waals surface area contributed by atoms with Crippen molar-refractivity contribution in [1.82, 2.24) is 5.32 Å². The molecule has 0 aromatic heterocycles. The number of carboxylic acid groups (broad SMARTS) is 1. The van der Waals surface area contributed by atoms with Gasteiger partial charge in [0, 0.05) is 0 Å². The van der Waals surface area contributed by atoms with E-state index in [-0.39, 0.29) is 5.92 Å². The molecule has 0 saturated heterocycles. The van der Waals surface area contributed by atoms with Gasteiger partial charge in [-0.1, -0.05) is 13.8 Å². The molecule has 0 rings (SSSR count). The smallest absolute Gasteiger partial charge is 0.326 e. The average Bonchev–Trinajstić information content (AvgIpc) is 2.02. The van der Waals surface area contributed by atoms with Crippen molar-refractivity contribution in [1.29, 1.82) is 0 Å². The van der Waals surface area contributed by atoms with E-state index in [9.17, 15) is 9.59 Å². The highest BCUT2D eigenvalue weighted by atomic mass is 16.4. The second-order valence-corrected chi connectivity index (χ2v) is 3.25. The summed E-state index contributed by atoms with van der Waals surface area (Å²) in [5.41, 5.74) is 0. The quantitative estimate of drug-likeness (QED) is 0.549. The molecule has 13 heavy (non-hydrogen) atoms. The Morgan fingerprint density at radius 1 is 1.38 bits per heavy atom. The molecule has 0 bridgehead atoms. The van der Waals surface area contributed by atoms with Crippen LogP contribution in [0, 0.1) is 5.92 Å². The standard InChI is InChI=1S/C8H15NO4/c1-5(2)3-6(8(12)13)9-7(11)4-10/h5-6,10H,3-4H2,1-2H3,(H,9,11)(H,12,13). The molecule has 76 valence electrons. The minimum absolute atomic E-state index is 0.181. The van der Waals surface area contributed by atoms with E-state index in [2.05, 4.69) is 5.32 Å². The third kappa shape index (κ3) is 5.19. The van der Waals surface area contributed by atoms with Gasteiger partial charge < -0.3 is 15.5 Å². The molecule has 0 aromatic rings. The number of hydrogen-bond acceptors (Lipinski definition) is 3. The molecule has 0 spiro atoms. The van der Waals surface area contributed by atoms with E-state index in [1.165, 1.54) is 0 Å². The van der Waals surface area contributed by atoms with Crippen LogP contribution in [0.1, 0.15) is 20.3 Å². The van der Waals surface area contributed by atoms with Crippen LogP contribution >= 0.6 is 0 Å². The first kappa shape index (κ1) is 11.9. The van der Waals surface area contributed by atoms with Gasteiger partial charge in [0.25, 0.3) is 0 Å². The maximum absolute atomic E-state index is 10.7. The van der Waals surface area contributed by atoms with Crippen LogP contribution in [0.25, 0.3) is 0 Å². The summed E-state index contributed by atoms with van der Waals surface area (Å²) in [5, 5.41) is 19.3. The van der Waals surface area contributed by atoms with E-state index in [0.29, 0.717) is 6.42 Å². The Kier molecular flexibility index (Phi) is 5.06. The number of carboxylic acids is 1. The van der Waals surface area contributed by atoms with E-state index >= 15 is 0 Å². The van der Waals surface area contributed by atoms with Crippen LogP contribution in [-0.2, 0) is 9.59 Å². The Morgan fingerprint density at radius 3 is 2.23 bits per heavy atom. The van der Waals surface area contributed by atoms with Crippen LogP contribution in [0.15, 0.2) is 0 Å². The molecule has 1 atom stereocenters. The van der Waals surface area contributed by atoms with Gasteiger partial charge in [0.1, 0.15) is 12.6 Å². The van der Waals surface area contributed by atoms with Crippen molar-refractivity contribution in [3.63, 3.8) is 0 Å². The zero-order valence-electron chi connectivity index (χ0n) is 7.78. The Morgan fingerprint density at radius 2 is 1.92 bits per heavy atom. The molecular formula is C8H15NO4. The lowest BCUT2D eigenvalue weighted by atomic mass is 10.0. The van der Waals surface area contributed by atoms with Gasteiger partial charge in [-0.25, -0.2) is 4.79 Å². The van der Waals surface area contributed by atoms with E-state index in [1.807, 2.05) is 13.8 Å². The van der Waals surface area contributed by atoms with Crippen LogP contribution in [0.5, 0.6) is 0 Å². The first-order valence-corrected chi connectivity index (χ1v) is 4.10. The van der Waals surface area contributed by atoms with Crippen molar-refractivity contribution in [3.05, 3.63) is 0 Å². The fourth-order valence-electron chi connectivity index (χ4n) is 0.933. The van der Waals surface area contributed by atoms with Crippen LogP contribution < -0.4 is 5.32 Å². The van der Waals surface area contributed by atoms with Crippen LogP contribution in [0.4, 0.5) is 0 Å². The average molecular weight is 189 g/mol. The third-order valence-corrected chi connectivity index (χ3v) is 1.48. The molecule has 0 aromatic carbocycles. The molecular weight excluding hydrogens is 174 g/mol. The number of hydrogen-bond donors (Lipinski definition) is 3. The van der Waals surface area contributed by atoms with Crippen molar-refractivity contribution in [2.24, 2.45) is 5.92 Å². The summed E-state index contributed by atoms with van der Waals surface area (Å²) in [6, 6.07) is -0.903. The van der Waals surface area contributed by atoms with Crippen molar-refractivity contribution in [2.75, 3.05) is 6.61 Å². The Labute approximate surface area is 76.8 Å². The van der Waals surface area contributed by atoms with Gasteiger partial charge in [0.15, 0.2) is 0 Å². The van der Waals surface area contributed by atoms with Gasteiger partial charge in [-0.15, -0.1) is 0 Å². The number of carbonyl (C=O) groups is 2. The minimum Gasteiger partial charge on any atom is -0.480 e. The SMILES string of the molecule is CC(C)CC(NC(=O)CO)C(=O)O. The fourth-order valence-corrected chi connectivity index (χ4v) is 0.933. The molecule has 3 N–H and O–H groups in total. The molecule has 0 heterocycles. The van der Waals surface area contributed by atoms with Crippen LogP contribution in [0.3, 0.4) is 0 Å². The van der Waals surface area contributed by atoms with Gasteiger partial charge >= 0.3 is 5.97 Å². The molecule has 0 aliphatic heterocycles. The molecule has 5 heteroatoms. The zero-order valence-corrected chi connectivity index (χ0v) is 7.78. The van der Waals surface area contributed by atoms with Crippen molar-refractivity contribution < 1.29 is 19.8 Å². The monoisotopic (exact) mass is 189 g/mol. The Balaban J connectivity index is 4.10. The molecule has 1 unspecified atom stereocenters. The predicted molar refractivity (Wildman–Crippen MR) is 46.1 cm³/mol. The number of aliphatic hydroxyl groups excluding tert-OH is 1. The number of aliphatic carboxylic acids is 1. The summed E-state index contributed by atoms with van der Waals surface area (Å²) in [7, 11) is 0. The summed E-state index contributed by atoms with van der Waals surface area (Å²) < 4.78 is 0. The molecule has 1 amide bonds. The first-order chi connectivity index (χ1) is 5.97. The van der Waals surface area contributed by atoms with Crippen molar-refractivity contribution in [3.8, 4) is 0 Å². The largest absolute Gasteiger partial charge is 0.480 e. The maximum Gasteiger partial charge on any atom is 0.326 e. The van der Waals surface area contributed by atoms with E-state index in [4.69, 9.17) is 10.2 Å². The molecule has 0 aliphatic rings. The lowest BCUT2D eigenvalue weighted by Gasteiger charge is -2.15. The lowest BCUT2D eigenvalue weighted by Crippen LogP contribution is -2.42. The van der Waals surface area contributed by atoms with Gasteiger partial charge in [-0.2, -0.15) is 0 Å². The topological polar surface area (TPSA) is 86.6 Å². The Hall–Kier alpha value is -1.10. The summed E-state index contributed by atoms with van der Waals surface area (Å²) in [6.07, 6.45) is 0.362. The molecule has 5 nitrogen and oxygen atoms in total. The Bertz CT molecular complexity index is 191. The summed E-state index contributed by atoms with van der Waals surface area (Å²) in [6.45, 7) is 3.05. The van der Waals surface area contributed by atoms with Crippen molar-refractivity contribution in [2.45, 2.75) is 26.3 Å². The molecule has 0 radical (unpaired) electrons. The number of amides is 1. The highest BCUT2D eigenvalue weighted by Gasteiger charge is 2.20. The van der Waals surface area contributed by atoms with Gasteiger partial charge in [0.2, 0.25) is 5.91 Å². The van der Waals surface area contributed by atoms with Gasteiger partial charge in [-0.3, -0.25) is 4.79 Å². The zero-order chi connectivity index (χ0) is 10.4. The van der Waals surface area contributed by atoms with E-state index in [1.54, 1.807) is 0 Å². The molecule has 0 saturated carbocycles. The second kappa shape index (κ2) is 5.53. The van der Waals surface area contributed by atoms with E-state index < -0.39 is 24.5 Å². The van der Waals surface area contributed by atoms with Crippen LogP contribution in [0.2, 0.25) is 0 Å². The normalized spacial score (nSPS) is 12.6. The van der Waals surface area contributed by atoms with E-state index in [0.717, 1.165) is 0 Å². The summed E-state index contributed by atoms with van der Waals surface area (Å²) >= 11 is 0. The molecule has 0 aliphatic carbocycles. The van der Waals surface area contributed by atoms with Gasteiger partial charge in [-0.05, 0) is 12.3 Å². The minimum atomic E-state index is -1.07. The third-order valence-electron chi connectivity index (χ3n) is 1.48.